The van der Waals surface area contributed by atoms with Crippen LogP contribution in [-0.2, 0) is 4.74 Å². The molecule has 1 N–H and O–H groups in total. The van der Waals surface area contributed by atoms with Gasteiger partial charge in [-0.2, -0.15) is 5.26 Å². The third-order valence-corrected chi connectivity index (χ3v) is 4.12. The highest BCUT2D eigenvalue weighted by Gasteiger charge is 2.39. The molecule has 0 spiro atoms. The van der Waals surface area contributed by atoms with Crippen molar-refractivity contribution in [1.82, 2.24) is 4.90 Å². The van der Waals surface area contributed by atoms with Crippen molar-refractivity contribution in [1.29, 1.82) is 5.26 Å². The van der Waals surface area contributed by atoms with E-state index < -0.39 is 11.2 Å². The Morgan fingerprint density at radius 2 is 2.05 bits per heavy atom. The van der Waals surface area contributed by atoms with Crippen LogP contribution in [0.3, 0.4) is 0 Å². The highest BCUT2D eigenvalue weighted by Crippen LogP contribution is 2.30. The van der Waals surface area contributed by atoms with Gasteiger partial charge in [-0.15, -0.1) is 0 Å². The van der Waals surface area contributed by atoms with Gasteiger partial charge in [0.15, 0.2) is 0 Å². The Kier molecular flexibility index (Phi) is 6.46. The van der Waals surface area contributed by atoms with Crippen LogP contribution in [0.5, 0.6) is 0 Å². The number of aliphatic hydroxyl groups is 1. The molecule has 0 amide bonds. The van der Waals surface area contributed by atoms with E-state index in [-0.39, 0.29) is 5.92 Å². The topological polar surface area (TPSA) is 56.5 Å². The molecule has 0 aromatic carbocycles. The molecule has 1 rings (SSSR count). The molecule has 1 aliphatic heterocycles. The summed E-state index contributed by atoms with van der Waals surface area (Å²) in [6, 6.07) is 2.33. The Morgan fingerprint density at radius 3 is 2.68 bits per heavy atom. The second kappa shape index (κ2) is 7.66. The van der Waals surface area contributed by atoms with Crippen molar-refractivity contribution < 1.29 is 9.84 Å². The van der Waals surface area contributed by atoms with Crippen molar-refractivity contribution in [3.8, 4) is 29.8 Å². The Morgan fingerprint density at radius 1 is 1.36 bits per heavy atom. The van der Waals surface area contributed by atoms with Gasteiger partial charge in [0.05, 0.1) is 19.1 Å². The molecule has 3 atom stereocenters. The molecule has 22 heavy (non-hydrogen) atoms. The summed E-state index contributed by atoms with van der Waals surface area (Å²) < 4.78 is 5.51. The van der Waals surface area contributed by atoms with E-state index in [0.717, 1.165) is 6.54 Å². The summed E-state index contributed by atoms with van der Waals surface area (Å²) in [7, 11) is 2.06. The van der Waals surface area contributed by atoms with Crippen LogP contribution >= 0.6 is 0 Å². The second-order valence-electron chi connectivity index (χ2n) is 6.58. The molecule has 1 saturated heterocycles. The number of likely N-dealkylation sites (tertiary alicyclic amines) is 1. The summed E-state index contributed by atoms with van der Waals surface area (Å²) in [5.41, 5.74) is -1.62. The fourth-order valence-electron chi connectivity index (χ4n) is 2.45. The fourth-order valence-corrected chi connectivity index (χ4v) is 2.45. The molecule has 4 nitrogen and oxygen atoms in total. The third-order valence-electron chi connectivity index (χ3n) is 4.12. The zero-order chi connectivity index (χ0) is 16.8. The second-order valence-corrected chi connectivity index (χ2v) is 6.58. The van der Waals surface area contributed by atoms with Crippen LogP contribution in [0.1, 0.15) is 40.5 Å². The number of nitriles is 1. The fraction of sp³-hybridized carbons (Fsp3) is 0.722. The summed E-state index contributed by atoms with van der Waals surface area (Å²) in [6.45, 7) is 8.97. The quantitative estimate of drug-likeness (QED) is 0.638. The minimum atomic E-state index is -0.980. The maximum atomic E-state index is 10.7. The molecule has 1 heterocycles. The van der Waals surface area contributed by atoms with Gasteiger partial charge < -0.3 is 14.7 Å². The zero-order valence-electron chi connectivity index (χ0n) is 14.2. The normalized spacial score (nSPS) is 28.8. The molecule has 0 aromatic heterocycles. The summed E-state index contributed by atoms with van der Waals surface area (Å²) >= 11 is 0. The van der Waals surface area contributed by atoms with Crippen molar-refractivity contribution in [3.63, 3.8) is 0 Å². The summed E-state index contributed by atoms with van der Waals surface area (Å²) in [4.78, 5) is 2.23. The average molecular weight is 302 g/mol. The Balaban J connectivity index is 2.71. The van der Waals surface area contributed by atoms with Gasteiger partial charge in [0.1, 0.15) is 11.2 Å². The third kappa shape index (κ3) is 5.36. The van der Waals surface area contributed by atoms with Crippen molar-refractivity contribution in [2.45, 2.75) is 57.8 Å². The molecule has 0 aromatic rings. The van der Waals surface area contributed by atoms with Crippen LogP contribution in [0.4, 0.5) is 0 Å². The number of nitrogens with zero attached hydrogens (tertiary/aromatic N) is 2. The van der Waals surface area contributed by atoms with E-state index in [2.05, 4.69) is 42.6 Å². The summed E-state index contributed by atoms with van der Waals surface area (Å²) in [5.74, 6) is 11.5. The van der Waals surface area contributed by atoms with Crippen LogP contribution in [0.25, 0.3) is 0 Å². The van der Waals surface area contributed by atoms with Crippen LogP contribution in [0.2, 0.25) is 0 Å². The average Bonchev–Trinajstić information content (AvgIpc) is 2.42. The Bertz CT molecular complexity index is 541. The predicted octanol–water partition coefficient (Wildman–Crippen LogP) is 1.79. The molecule has 4 heteroatoms. The molecule has 0 aliphatic carbocycles. The molecule has 1 fully saturated rings. The monoisotopic (exact) mass is 302 g/mol. The van der Waals surface area contributed by atoms with Crippen LogP contribution in [0, 0.1) is 40.9 Å². The van der Waals surface area contributed by atoms with E-state index in [1.807, 2.05) is 26.8 Å². The number of ether oxygens (including phenoxy) is 1. The van der Waals surface area contributed by atoms with E-state index in [9.17, 15) is 5.11 Å². The highest BCUT2D eigenvalue weighted by molar-refractivity contribution is 5.33. The summed E-state index contributed by atoms with van der Waals surface area (Å²) in [5, 5.41) is 19.2. The van der Waals surface area contributed by atoms with Crippen molar-refractivity contribution in [2.24, 2.45) is 5.92 Å². The number of rotatable bonds is 3. The van der Waals surface area contributed by atoms with Crippen LogP contribution in [0.15, 0.2) is 0 Å². The van der Waals surface area contributed by atoms with E-state index in [1.54, 1.807) is 0 Å². The van der Waals surface area contributed by atoms with Gasteiger partial charge in [-0.25, -0.2) is 0 Å². The van der Waals surface area contributed by atoms with E-state index in [4.69, 9.17) is 10.00 Å². The number of hydrogen-bond donors (Lipinski definition) is 1. The van der Waals surface area contributed by atoms with Crippen molar-refractivity contribution in [2.75, 3.05) is 20.2 Å². The smallest absolute Gasteiger partial charge is 0.131 e. The SMILES string of the molecule is C[C@@H]1CN(C)[C@@H](C)C[C@]1(O)C#CC#CC(C)(C)OCCC#N. The number of hydrogen-bond acceptors (Lipinski definition) is 4. The molecule has 0 saturated carbocycles. The molecule has 0 unspecified atom stereocenters. The van der Waals surface area contributed by atoms with Crippen molar-refractivity contribution >= 4 is 0 Å². The zero-order valence-corrected chi connectivity index (χ0v) is 14.2. The van der Waals surface area contributed by atoms with Gasteiger partial charge >= 0.3 is 0 Å². The van der Waals surface area contributed by atoms with Gasteiger partial charge in [-0.05, 0) is 39.7 Å². The standard InChI is InChI=1S/C18H26N2O2/c1-15-14-20(5)16(2)13-18(15,21)10-7-6-9-17(3,4)22-12-8-11-19/h15-16,21H,8,12-14H2,1-5H3/t15-,16+,18-/m1/s1. The first kappa shape index (κ1) is 18.5. The van der Waals surface area contributed by atoms with E-state index in [1.165, 1.54) is 0 Å². The maximum Gasteiger partial charge on any atom is 0.131 e. The number of piperidine rings is 1. The van der Waals surface area contributed by atoms with Gasteiger partial charge in [0, 0.05) is 24.9 Å². The van der Waals surface area contributed by atoms with Crippen LogP contribution < -0.4 is 0 Å². The minimum Gasteiger partial charge on any atom is -0.377 e. The van der Waals surface area contributed by atoms with E-state index >= 15 is 0 Å². The lowest BCUT2D eigenvalue weighted by molar-refractivity contribution is -0.0346. The largest absolute Gasteiger partial charge is 0.377 e. The molecule has 1 aliphatic rings. The Labute approximate surface area is 134 Å². The molecule has 120 valence electrons. The lowest BCUT2D eigenvalue weighted by atomic mass is 9.79. The lowest BCUT2D eigenvalue weighted by Crippen LogP contribution is -2.52. The summed E-state index contributed by atoms with van der Waals surface area (Å²) in [6.07, 6.45) is 0.973. The molecular formula is C18H26N2O2. The minimum absolute atomic E-state index is 0.0860. The van der Waals surface area contributed by atoms with Crippen molar-refractivity contribution in [3.05, 3.63) is 0 Å². The first-order valence-corrected chi connectivity index (χ1v) is 7.68. The van der Waals surface area contributed by atoms with Gasteiger partial charge in [0.25, 0.3) is 0 Å². The maximum absolute atomic E-state index is 10.7. The van der Waals surface area contributed by atoms with Gasteiger partial charge in [-0.1, -0.05) is 18.8 Å². The molecule has 0 bridgehead atoms. The predicted molar refractivity (Wildman–Crippen MR) is 86.6 cm³/mol. The Hall–Kier alpha value is -1.51. The molecular weight excluding hydrogens is 276 g/mol. The van der Waals surface area contributed by atoms with Crippen LogP contribution in [-0.4, -0.2) is 47.4 Å². The van der Waals surface area contributed by atoms with E-state index in [0.29, 0.717) is 25.5 Å². The molecule has 0 radical (unpaired) electrons. The van der Waals surface area contributed by atoms with Gasteiger partial charge in [-0.3, -0.25) is 0 Å². The highest BCUT2D eigenvalue weighted by atomic mass is 16.5. The lowest BCUT2D eigenvalue weighted by Gasteiger charge is -2.42. The first-order chi connectivity index (χ1) is 10.2. The van der Waals surface area contributed by atoms with Gasteiger partial charge in [0.2, 0.25) is 0 Å². The first-order valence-electron chi connectivity index (χ1n) is 7.68.